The van der Waals surface area contributed by atoms with Gasteiger partial charge in [0.1, 0.15) is 5.78 Å². The predicted molar refractivity (Wildman–Crippen MR) is 94.4 cm³/mol. The molecule has 0 aromatic carbocycles. The van der Waals surface area contributed by atoms with Crippen LogP contribution >= 0.6 is 0 Å². The van der Waals surface area contributed by atoms with E-state index in [2.05, 4.69) is 19.6 Å². The molecule has 0 heterocycles. The molecule has 3 aliphatic rings. The number of hydrogen-bond acceptors (Lipinski definition) is 3. The van der Waals surface area contributed by atoms with Crippen molar-refractivity contribution in [2.24, 2.45) is 22.7 Å². The minimum atomic E-state index is -0.461. The van der Waals surface area contributed by atoms with Gasteiger partial charge in [-0.2, -0.15) is 0 Å². The second-order valence-corrected chi connectivity index (χ2v) is 8.47. The van der Waals surface area contributed by atoms with E-state index in [0.717, 1.165) is 44.9 Å². The third kappa shape index (κ3) is 2.66. The first-order valence-electron chi connectivity index (χ1n) is 9.28. The lowest BCUT2D eigenvalue weighted by Crippen LogP contribution is -2.41. The second kappa shape index (κ2) is 6.16. The number of allylic oxidation sites excluding steroid dienone is 3. The van der Waals surface area contributed by atoms with Crippen LogP contribution in [-0.2, 0) is 14.3 Å². The Morgan fingerprint density at radius 1 is 1.46 bits per heavy atom. The van der Waals surface area contributed by atoms with Gasteiger partial charge in [-0.1, -0.05) is 23.8 Å². The van der Waals surface area contributed by atoms with Crippen molar-refractivity contribution in [3.63, 3.8) is 0 Å². The van der Waals surface area contributed by atoms with Gasteiger partial charge in [-0.25, -0.2) is 0 Å². The van der Waals surface area contributed by atoms with Gasteiger partial charge < -0.3 is 4.74 Å². The molecule has 2 fully saturated rings. The standard InChI is InChI=1S/C21H30O3/c1-14-6-5-10-20(3,19(23)24-4)17(14)9-11-21-12-15(2)16(13-21)7-8-18(21)22/h6,16-17H,2,5,7-13H2,1,3-4H3/t16-,17-,20+,21-/m0/s1. The average Bonchev–Trinajstić information content (AvgIpc) is 2.83. The highest BCUT2D eigenvalue weighted by Gasteiger charge is 2.51. The first-order valence-corrected chi connectivity index (χ1v) is 9.28. The molecule has 0 aromatic rings. The molecule has 0 unspecified atom stereocenters. The third-order valence-corrected chi connectivity index (χ3v) is 7.10. The highest BCUT2D eigenvalue weighted by molar-refractivity contribution is 5.87. The zero-order valence-corrected chi connectivity index (χ0v) is 15.3. The Bertz CT molecular complexity index is 602. The molecule has 3 rings (SSSR count). The lowest BCUT2D eigenvalue weighted by Gasteiger charge is -2.41. The molecule has 2 bridgehead atoms. The summed E-state index contributed by atoms with van der Waals surface area (Å²) in [4.78, 5) is 25.1. The fourth-order valence-corrected chi connectivity index (χ4v) is 5.55. The maximum absolute atomic E-state index is 12.7. The summed E-state index contributed by atoms with van der Waals surface area (Å²) in [6.45, 7) is 8.38. The van der Waals surface area contributed by atoms with E-state index >= 15 is 0 Å². The molecule has 4 atom stereocenters. The van der Waals surface area contributed by atoms with Crippen LogP contribution in [0.3, 0.4) is 0 Å². The van der Waals surface area contributed by atoms with Crippen molar-refractivity contribution in [3.05, 3.63) is 23.8 Å². The van der Waals surface area contributed by atoms with E-state index in [1.165, 1.54) is 18.3 Å². The van der Waals surface area contributed by atoms with Crippen LogP contribution in [0, 0.1) is 22.7 Å². The molecule has 3 aliphatic carbocycles. The number of ether oxygens (including phenoxy) is 1. The molecule has 0 radical (unpaired) electrons. The fraction of sp³-hybridized carbons (Fsp3) is 0.714. The summed E-state index contributed by atoms with van der Waals surface area (Å²) in [6.07, 6.45) is 9.32. The van der Waals surface area contributed by atoms with Gasteiger partial charge in [-0.15, -0.1) is 0 Å². The maximum atomic E-state index is 12.7. The Balaban J connectivity index is 1.80. The summed E-state index contributed by atoms with van der Waals surface area (Å²) in [6, 6.07) is 0. The van der Waals surface area contributed by atoms with Gasteiger partial charge in [-0.3, -0.25) is 9.59 Å². The van der Waals surface area contributed by atoms with Crippen molar-refractivity contribution >= 4 is 11.8 Å². The van der Waals surface area contributed by atoms with Gasteiger partial charge in [0.25, 0.3) is 0 Å². The predicted octanol–water partition coefficient (Wildman–Crippen LogP) is 4.62. The number of hydrogen-bond donors (Lipinski definition) is 0. The van der Waals surface area contributed by atoms with Crippen LogP contribution in [0.5, 0.6) is 0 Å². The minimum Gasteiger partial charge on any atom is -0.469 e. The van der Waals surface area contributed by atoms with E-state index in [0.29, 0.717) is 18.1 Å². The highest BCUT2D eigenvalue weighted by Crippen LogP contribution is 2.56. The van der Waals surface area contributed by atoms with Crippen molar-refractivity contribution in [3.8, 4) is 0 Å². The molecule has 2 saturated carbocycles. The van der Waals surface area contributed by atoms with E-state index < -0.39 is 5.41 Å². The van der Waals surface area contributed by atoms with Crippen molar-refractivity contribution in [1.82, 2.24) is 0 Å². The van der Waals surface area contributed by atoms with Gasteiger partial charge in [0.15, 0.2) is 0 Å². The fourth-order valence-electron chi connectivity index (χ4n) is 5.55. The van der Waals surface area contributed by atoms with E-state index in [-0.39, 0.29) is 17.3 Å². The van der Waals surface area contributed by atoms with Crippen LogP contribution in [0.15, 0.2) is 23.8 Å². The maximum Gasteiger partial charge on any atom is 0.312 e. The van der Waals surface area contributed by atoms with Crippen LogP contribution in [0.4, 0.5) is 0 Å². The number of carbonyl (C=O) groups is 2. The molecule has 0 amide bonds. The molecule has 3 nitrogen and oxygen atoms in total. The van der Waals surface area contributed by atoms with Crippen LogP contribution in [0.1, 0.15) is 65.2 Å². The minimum absolute atomic E-state index is 0.110. The Morgan fingerprint density at radius 2 is 2.21 bits per heavy atom. The Kier molecular flexibility index (Phi) is 4.48. The van der Waals surface area contributed by atoms with E-state index in [1.54, 1.807) is 0 Å². The highest BCUT2D eigenvalue weighted by atomic mass is 16.5. The van der Waals surface area contributed by atoms with Crippen molar-refractivity contribution in [2.45, 2.75) is 65.2 Å². The number of methoxy groups -OCH3 is 1. The topological polar surface area (TPSA) is 43.4 Å². The lowest BCUT2D eigenvalue weighted by atomic mass is 9.62. The Hall–Kier alpha value is -1.38. The van der Waals surface area contributed by atoms with E-state index in [4.69, 9.17) is 4.74 Å². The molecule has 0 aromatic heterocycles. The number of Topliss-reactive ketones (excluding diaryl/α,β-unsaturated/α-hetero) is 1. The summed E-state index contributed by atoms with van der Waals surface area (Å²) in [5.74, 6) is 1.03. The van der Waals surface area contributed by atoms with Crippen LogP contribution in [0.25, 0.3) is 0 Å². The summed E-state index contributed by atoms with van der Waals surface area (Å²) in [5, 5.41) is 0. The van der Waals surface area contributed by atoms with Crippen LogP contribution < -0.4 is 0 Å². The van der Waals surface area contributed by atoms with E-state index in [1.807, 2.05) is 6.92 Å². The van der Waals surface area contributed by atoms with Crippen LogP contribution in [-0.4, -0.2) is 18.9 Å². The first-order chi connectivity index (χ1) is 11.3. The number of rotatable bonds is 4. The molecule has 0 saturated heterocycles. The summed E-state index contributed by atoms with van der Waals surface area (Å²) >= 11 is 0. The molecule has 0 N–H and O–H groups in total. The number of esters is 1. The number of fused-ring (bicyclic) bond motifs is 2. The molecule has 132 valence electrons. The monoisotopic (exact) mass is 330 g/mol. The van der Waals surface area contributed by atoms with Crippen molar-refractivity contribution < 1.29 is 14.3 Å². The molecular formula is C21H30O3. The zero-order valence-electron chi connectivity index (χ0n) is 15.3. The number of carbonyl (C=O) groups excluding carboxylic acids is 2. The normalized spacial score (nSPS) is 38.9. The van der Waals surface area contributed by atoms with Gasteiger partial charge in [0.05, 0.1) is 12.5 Å². The van der Waals surface area contributed by atoms with Gasteiger partial charge in [-0.05, 0) is 70.6 Å². The molecule has 0 spiro atoms. The molecule has 0 aliphatic heterocycles. The largest absolute Gasteiger partial charge is 0.469 e. The van der Waals surface area contributed by atoms with Gasteiger partial charge in [0, 0.05) is 11.8 Å². The molecule has 24 heavy (non-hydrogen) atoms. The van der Waals surface area contributed by atoms with Gasteiger partial charge >= 0.3 is 5.97 Å². The smallest absolute Gasteiger partial charge is 0.312 e. The Labute approximate surface area is 145 Å². The number of ketones is 1. The van der Waals surface area contributed by atoms with Gasteiger partial charge in [0.2, 0.25) is 0 Å². The lowest BCUT2D eigenvalue weighted by molar-refractivity contribution is -0.155. The zero-order chi connectivity index (χ0) is 17.5. The van der Waals surface area contributed by atoms with Crippen LogP contribution in [0.2, 0.25) is 0 Å². The molecular weight excluding hydrogens is 300 g/mol. The second-order valence-electron chi connectivity index (χ2n) is 8.47. The summed E-state index contributed by atoms with van der Waals surface area (Å²) in [5.41, 5.74) is 1.89. The summed E-state index contributed by atoms with van der Waals surface area (Å²) in [7, 11) is 1.48. The third-order valence-electron chi connectivity index (χ3n) is 7.10. The first kappa shape index (κ1) is 17.4. The average molecular weight is 330 g/mol. The summed E-state index contributed by atoms with van der Waals surface area (Å²) < 4.78 is 5.11. The van der Waals surface area contributed by atoms with Crippen molar-refractivity contribution in [2.75, 3.05) is 7.11 Å². The van der Waals surface area contributed by atoms with E-state index in [9.17, 15) is 9.59 Å². The molecule has 3 heteroatoms. The Morgan fingerprint density at radius 3 is 2.92 bits per heavy atom. The quantitative estimate of drug-likeness (QED) is 0.558. The SMILES string of the molecule is C=C1C[C@@]2(CC[C@H]3C(C)=CCC[C@@]3(C)C(=O)OC)C[C@@H]1CCC2=O. The van der Waals surface area contributed by atoms with Crippen molar-refractivity contribution in [1.29, 1.82) is 0 Å².